The van der Waals surface area contributed by atoms with Gasteiger partial charge in [0.2, 0.25) is 11.8 Å². The Morgan fingerprint density at radius 1 is 1.08 bits per heavy atom. The van der Waals surface area contributed by atoms with E-state index < -0.39 is 0 Å². The van der Waals surface area contributed by atoms with Crippen LogP contribution < -0.4 is 5.32 Å². The van der Waals surface area contributed by atoms with Gasteiger partial charge in [0.1, 0.15) is 0 Å². The standard InChI is InChI=1S/C19H31N3O2/c1-15(2)17-9-6-7-10-18(17)20-19(24)11-14-22(16(3)23)13-8-12-21(4)5/h6-7,9-10,15H,8,11-14H2,1-5H3,(H,20,24). The number of rotatable bonds is 9. The molecule has 1 rings (SSSR count). The van der Waals surface area contributed by atoms with Gasteiger partial charge in [-0.3, -0.25) is 9.59 Å². The predicted molar refractivity (Wildman–Crippen MR) is 99.2 cm³/mol. The van der Waals surface area contributed by atoms with E-state index in [4.69, 9.17) is 0 Å². The number of anilines is 1. The number of carbonyl (C=O) groups is 2. The zero-order valence-corrected chi connectivity index (χ0v) is 15.6. The van der Waals surface area contributed by atoms with Gasteiger partial charge in [0.25, 0.3) is 0 Å². The minimum atomic E-state index is -0.0537. The van der Waals surface area contributed by atoms with Gasteiger partial charge >= 0.3 is 0 Å². The highest BCUT2D eigenvalue weighted by atomic mass is 16.2. The van der Waals surface area contributed by atoms with Crippen LogP contribution in [0.4, 0.5) is 5.69 Å². The molecule has 0 atom stereocenters. The van der Waals surface area contributed by atoms with Crippen molar-refractivity contribution < 1.29 is 9.59 Å². The molecule has 0 bridgehead atoms. The van der Waals surface area contributed by atoms with Crippen molar-refractivity contribution in [2.24, 2.45) is 0 Å². The molecule has 24 heavy (non-hydrogen) atoms. The third-order valence-electron chi connectivity index (χ3n) is 3.94. The summed E-state index contributed by atoms with van der Waals surface area (Å²) < 4.78 is 0. The Morgan fingerprint density at radius 2 is 1.75 bits per heavy atom. The molecule has 0 aliphatic heterocycles. The number of amides is 2. The second-order valence-corrected chi connectivity index (χ2v) is 6.70. The van der Waals surface area contributed by atoms with Gasteiger partial charge in [-0.15, -0.1) is 0 Å². The van der Waals surface area contributed by atoms with E-state index in [9.17, 15) is 9.59 Å². The molecule has 1 aromatic rings. The quantitative estimate of drug-likeness (QED) is 0.756. The molecule has 0 unspecified atom stereocenters. The third kappa shape index (κ3) is 7.13. The number of carbonyl (C=O) groups excluding carboxylic acids is 2. The van der Waals surface area contributed by atoms with Crippen LogP contribution in [0, 0.1) is 0 Å². The first-order valence-electron chi connectivity index (χ1n) is 8.60. The normalized spacial score (nSPS) is 11.0. The number of benzene rings is 1. The largest absolute Gasteiger partial charge is 0.342 e. The fourth-order valence-corrected chi connectivity index (χ4v) is 2.57. The SMILES string of the molecule is CC(=O)N(CCCN(C)C)CCC(=O)Nc1ccccc1C(C)C. The van der Waals surface area contributed by atoms with E-state index in [0.717, 1.165) is 24.2 Å². The fourth-order valence-electron chi connectivity index (χ4n) is 2.57. The van der Waals surface area contributed by atoms with Crippen molar-refractivity contribution in [3.05, 3.63) is 29.8 Å². The zero-order valence-electron chi connectivity index (χ0n) is 15.6. The third-order valence-corrected chi connectivity index (χ3v) is 3.94. The molecular weight excluding hydrogens is 302 g/mol. The fraction of sp³-hybridized carbons (Fsp3) is 0.579. The highest BCUT2D eigenvalue weighted by Crippen LogP contribution is 2.23. The Bertz CT molecular complexity index is 541. The Hall–Kier alpha value is -1.88. The molecule has 0 saturated carbocycles. The molecular formula is C19H31N3O2. The van der Waals surface area contributed by atoms with Crippen LogP contribution in [-0.4, -0.2) is 55.3 Å². The Labute approximate surface area is 146 Å². The van der Waals surface area contributed by atoms with Crippen LogP contribution in [0.2, 0.25) is 0 Å². The van der Waals surface area contributed by atoms with Crippen molar-refractivity contribution >= 4 is 17.5 Å². The number of nitrogens with zero attached hydrogens (tertiary/aromatic N) is 2. The molecule has 5 heteroatoms. The van der Waals surface area contributed by atoms with Gasteiger partial charge in [-0.05, 0) is 44.6 Å². The number of hydrogen-bond acceptors (Lipinski definition) is 3. The first-order valence-corrected chi connectivity index (χ1v) is 8.60. The molecule has 1 aromatic carbocycles. The molecule has 0 heterocycles. The lowest BCUT2D eigenvalue weighted by Gasteiger charge is -2.22. The lowest BCUT2D eigenvalue weighted by molar-refractivity contribution is -0.129. The maximum absolute atomic E-state index is 12.2. The van der Waals surface area contributed by atoms with Crippen LogP contribution in [0.3, 0.4) is 0 Å². The lowest BCUT2D eigenvalue weighted by Crippen LogP contribution is -2.34. The van der Waals surface area contributed by atoms with E-state index in [0.29, 0.717) is 25.4 Å². The maximum atomic E-state index is 12.2. The summed E-state index contributed by atoms with van der Waals surface area (Å²) in [6.07, 6.45) is 1.22. The Morgan fingerprint density at radius 3 is 2.33 bits per heavy atom. The summed E-state index contributed by atoms with van der Waals surface area (Å²) in [5.41, 5.74) is 1.99. The summed E-state index contributed by atoms with van der Waals surface area (Å²) in [6.45, 7) is 7.83. The molecule has 0 aromatic heterocycles. The van der Waals surface area contributed by atoms with Crippen molar-refractivity contribution in [1.82, 2.24) is 9.80 Å². The summed E-state index contributed by atoms with van der Waals surface area (Å²) in [5, 5.41) is 2.98. The van der Waals surface area contributed by atoms with Crippen LogP contribution in [0.25, 0.3) is 0 Å². The van der Waals surface area contributed by atoms with Crippen LogP contribution in [0.5, 0.6) is 0 Å². The van der Waals surface area contributed by atoms with Gasteiger partial charge in [-0.25, -0.2) is 0 Å². The molecule has 0 saturated heterocycles. The molecule has 0 spiro atoms. The van der Waals surface area contributed by atoms with E-state index >= 15 is 0 Å². The van der Waals surface area contributed by atoms with E-state index in [1.165, 1.54) is 0 Å². The van der Waals surface area contributed by atoms with Crippen LogP contribution >= 0.6 is 0 Å². The number of para-hydroxylation sites is 1. The maximum Gasteiger partial charge on any atom is 0.226 e. The summed E-state index contributed by atoms with van der Waals surface area (Å²) in [7, 11) is 4.02. The highest BCUT2D eigenvalue weighted by molar-refractivity contribution is 5.92. The smallest absolute Gasteiger partial charge is 0.226 e. The summed E-state index contributed by atoms with van der Waals surface area (Å²) in [4.78, 5) is 27.8. The van der Waals surface area contributed by atoms with Gasteiger partial charge in [0.05, 0.1) is 0 Å². The van der Waals surface area contributed by atoms with Crippen molar-refractivity contribution in [1.29, 1.82) is 0 Å². The van der Waals surface area contributed by atoms with Gasteiger partial charge < -0.3 is 15.1 Å². The van der Waals surface area contributed by atoms with Crippen molar-refractivity contribution in [2.75, 3.05) is 39.0 Å². The van der Waals surface area contributed by atoms with Crippen LogP contribution in [0.15, 0.2) is 24.3 Å². The molecule has 5 nitrogen and oxygen atoms in total. The molecule has 1 N–H and O–H groups in total. The van der Waals surface area contributed by atoms with E-state index in [1.807, 2.05) is 38.4 Å². The highest BCUT2D eigenvalue weighted by Gasteiger charge is 2.13. The molecule has 0 radical (unpaired) electrons. The monoisotopic (exact) mass is 333 g/mol. The van der Waals surface area contributed by atoms with Gasteiger partial charge in [0.15, 0.2) is 0 Å². The molecule has 2 amide bonds. The van der Waals surface area contributed by atoms with Gasteiger partial charge in [-0.1, -0.05) is 32.0 Å². The van der Waals surface area contributed by atoms with Gasteiger partial charge in [-0.2, -0.15) is 0 Å². The molecule has 0 fully saturated rings. The molecule has 0 aliphatic rings. The van der Waals surface area contributed by atoms with Gasteiger partial charge in [0, 0.05) is 32.1 Å². The van der Waals surface area contributed by atoms with E-state index in [2.05, 4.69) is 24.1 Å². The first-order chi connectivity index (χ1) is 11.3. The van der Waals surface area contributed by atoms with Crippen molar-refractivity contribution in [2.45, 2.75) is 39.5 Å². The zero-order chi connectivity index (χ0) is 18.1. The summed E-state index contributed by atoms with van der Waals surface area (Å²) in [5.74, 6) is 0.312. The number of nitrogens with one attached hydrogen (secondary N) is 1. The van der Waals surface area contributed by atoms with Crippen molar-refractivity contribution in [3.8, 4) is 0 Å². The second-order valence-electron chi connectivity index (χ2n) is 6.70. The lowest BCUT2D eigenvalue weighted by atomic mass is 10.0. The molecule has 0 aliphatic carbocycles. The van der Waals surface area contributed by atoms with Crippen LogP contribution in [-0.2, 0) is 9.59 Å². The Balaban J connectivity index is 2.53. The predicted octanol–water partition coefficient (Wildman–Crippen LogP) is 2.94. The summed E-state index contributed by atoms with van der Waals surface area (Å²) in [6, 6.07) is 7.86. The minimum Gasteiger partial charge on any atom is -0.342 e. The molecule has 134 valence electrons. The number of hydrogen-bond donors (Lipinski definition) is 1. The minimum absolute atomic E-state index is 0.0177. The van der Waals surface area contributed by atoms with E-state index in [-0.39, 0.29) is 11.8 Å². The summed E-state index contributed by atoms with van der Waals surface area (Å²) >= 11 is 0. The Kier molecular flexibility index (Phi) is 8.47. The average molecular weight is 333 g/mol. The van der Waals surface area contributed by atoms with Crippen molar-refractivity contribution in [3.63, 3.8) is 0 Å². The second kappa shape index (κ2) is 10.1. The average Bonchev–Trinajstić information content (AvgIpc) is 2.50. The topological polar surface area (TPSA) is 52.7 Å². The first kappa shape index (κ1) is 20.2. The van der Waals surface area contributed by atoms with E-state index in [1.54, 1.807) is 11.8 Å². The van der Waals surface area contributed by atoms with Crippen LogP contribution in [0.1, 0.15) is 45.1 Å².